The summed E-state index contributed by atoms with van der Waals surface area (Å²) in [6, 6.07) is 5.61. The van der Waals surface area contributed by atoms with Gasteiger partial charge in [-0.1, -0.05) is 19.9 Å². The quantitative estimate of drug-likeness (QED) is 0.532. The molecule has 1 N–H and O–H groups in total. The van der Waals surface area contributed by atoms with Gasteiger partial charge in [-0.05, 0) is 36.1 Å². The van der Waals surface area contributed by atoms with Crippen molar-refractivity contribution in [1.29, 1.82) is 0 Å². The molecule has 0 atom stereocenters. The van der Waals surface area contributed by atoms with Crippen LogP contribution < -0.4 is 14.8 Å². The van der Waals surface area contributed by atoms with Gasteiger partial charge in [-0.3, -0.25) is 4.79 Å². The zero-order valence-electron chi connectivity index (χ0n) is 14.4. The number of nitrogens with one attached hydrogen (secondary N) is 1. The van der Waals surface area contributed by atoms with Gasteiger partial charge >= 0.3 is 0 Å². The number of hydrogen-bond donors (Lipinski definition) is 1. The van der Waals surface area contributed by atoms with E-state index >= 15 is 0 Å². The number of amides is 1. The van der Waals surface area contributed by atoms with Crippen LogP contribution in [0.15, 0.2) is 24.3 Å². The smallest absolute Gasteiger partial charge is 0.244 e. The second kappa shape index (κ2) is 10.7. The molecule has 1 rings (SSSR count). The molecule has 0 spiro atoms. The third kappa shape index (κ3) is 7.70. The first kappa shape index (κ1) is 19.0. The first-order chi connectivity index (χ1) is 11.1. The van der Waals surface area contributed by atoms with Crippen LogP contribution >= 0.6 is 0 Å². The van der Waals surface area contributed by atoms with Gasteiger partial charge in [0.2, 0.25) is 5.91 Å². The maximum absolute atomic E-state index is 11.7. The average molecular weight is 321 g/mol. The molecule has 5 heteroatoms. The second-order valence-corrected chi connectivity index (χ2v) is 5.59. The van der Waals surface area contributed by atoms with Crippen LogP contribution in [0.1, 0.15) is 25.8 Å². The largest absolute Gasteiger partial charge is 0.493 e. The highest BCUT2D eigenvalue weighted by molar-refractivity contribution is 5.91. The van der Waals surface area contributed by atoms with E-state index in [2.05, 4.69) is 19.2 Å². The minimum absolute atomic E-state index is 0.125. The second-order valence-electron chi connectivity index (χ2n) is 5.59. The fourth-order valence-corrected chi connectivity index (χ4v) is 1.82. The number of hydrogen-bond acceptors (Lipinski definition) is 4. The Hall–Kier alpha value is -2.01. The summed E-state index contributed by atoms with van der Waals surface area (Å²) in [5.74, 6) is 1.69. The number of carbonyl (C=O) groups is 1. The summed E-state index contributed by atoms with van der Waals surface area (Å²) in [5.41, 5.74) is 0.880. The molecule has 0 heterocycles. The molecule has 0 aliphatic carbocycles. The molecule has 128 valence electrons. The minimum atomic E-state index is -0.125. The van der Waals surface area contributed by atoms with Gasteiger partial charge in [0.15, 0.2) is 11.5 Å². The Morgan fingerprint density at radius 1 is 1.26 bits per heavy atom. The van der Waals surface area contributed by atoms with Crippen LogP contribution in [0.25, 0.3) is 6.08 Å². The molecule has 0 saturated heterocycles. The molecule has 1 aromatic carbocycles. The van der Waals surface area contributed by atoms with Crippen molar-refractivity contribution in [3.63, 3.8) is 0 Å². The van der Waals surface area contributed by atoms with E-state index in [0.717, 1.165) is 12.0 Å². The third-order valence-corrected chi connectivity index (χ3v) is 3.01. The topological polar surface area (TPSA) is 56.8 Å². The lowest BCUT2D eigenvalue weighted by Crippen LogP contribution is -2.22. The normalized spacial score (nSPS) is 11.0. The van der Waals surface area contributed by atoms with Crippen molar-refractivity contribution in [3.8, 4) is 11.5 Å². The molecule has 0 aromatic heterocycles. The van der Waals surface area contributed by atoms with Crippen LogP contribution in [0.2, 0.25) is 0 Å². The first-order valence-electron chi connectivity index (χ1n) is 7.82. The predicted octanol–water partition coefficient (Wildman–Crippen LogP) is 2.90. The number of methoxy groups -OCH3 is 2. The molecular formula is C18H27NO4. The zero-order chi connectivity index (χ0) is 17.1. The fourth-order valence-electron chi connectivity index (χ4n) is 1.82. The summed E-state index contributed by atoms with van der Waals surface area (Å²) in [5, 5.41) is 2.80. The molecule has 0 bridgehead atoms. The Morgan fingerprint density at radius 2 is 2.04 bits per heavy atom. The Balaban J connectivity index is 2.59. The maximum Gasteiger partial charge on any atom is 0.244 e. The van der Waals surface area contributed by atoms with Crippen molar-refractivity contribution >= 4 is 12.0 Å². The first-order valence-corrected chi connectivity index (χ1v) is 7.82. The molecule has 0 radical (unpaired) electrons. The Bertz CT molecular complexity index is 512. The van der Waals surface area contributed by atoms with Gasteiger partial charge in [-0.25, -0.2) is 0 Å². The molecule has 0 saturated carbocycles. The van der Waals surface area contributed by atoms with Crippen molar-refractivity contribution in [3.05, 3.63) is 29.8 Å². The highest BCUT2D eigenvalue weighted by atomic mass is 16.5. The van der Waals surface area contributed by atoms with Gasteiger partial charge < -0.3 is 19.5 Å². The van der Waals surface area contributed by atoms with E-state index in [1.807, 2.05) is 18.2 Å². The monoisotopic (exact) mass is 321 g/mol. The van der Waals surface area contributed by atoms with Crippen molar-refractivity contribution in [1.82, 2.24) is 5.32 Å². The van der Waals surface area contributed by atoms with Crippen molar-refractivity contribution < 1.29 is 19.0 Å². The van der Waals surface area contributed by atoms with Crippen LogP contribution in [0.3, 0.4) is 0 Å². The molecule has 0 fully saturated rings. The van der Waals surface area contributed by atoms with Crippen molar-refractivity contribution in [2.24, 2.45) is 5.92 Å². The third-order valence-electron chi connectivity index (χ3n) is 3.01. The van der Waals surface area contributed by atoms with Crippen molar-refractivity contribution in [2.45, 2.75) is 20.3 Å². The van der Waals surface area contributed by atoms with Gasteiger partial charge in [-0.2, -0.15) is 0 Å². The van der Waals surface area contributed by atoms with Gasteiger partial charge in [0.25, 0.3) is 0 Å². The number of rotatable bonds is 10. The lowest BCUT2D eigenvalue weighted by Gasteiger charge is -2.12. The summed E-state index contributed by atoms with van der Waals surface area (Å²) in [4.78, 5) is 11.7. The van der Waals surface area contributed by atoms with Gasteiger partial charge in [0.05, 0.1) is 13.7 Å². The van der Waals surface area contributed by atoms with E-state index < -0.39 is 0 Å². The van der Waals surface area contributed by atoms with Gasteiger partial charge in [0, 0.05) is 26.3 Å². The Labute approximate surface area is 138 Å². The number of ether oxygens (including phenoxy) is 3. The van der Waals surface area contributed by atoms with E-state index in [1.54, 1.807) is 20.3 Å². The van der Waals surface area contributed by atoms with Crippen LogP contribution in [-0.2, 0) is 9.53 Å². The predicted molar refractivity (Wildman–Crippen MR) is 91.9 cm³/mol. The molecular weight excluding hydrogens is 294 g/mol. The fraction of sp³-hybridized carbons (Fsp3) is 0.500. The summed E-state index contributed by atoms with van der Waals surface area (Å²) in [6.07, 6.45) is 4.06. The van der Waals surface area contributed by atoms with E-state index in [4.69, 9.17) is 14.2 Å². The minimum Gasteiger partial charge on any atom is -0.493 e. The average Bonchev–Trinajstić information content (AvgIpc) is 2.55. The van der Waals surface area contributed by atoms with E-state index in [-0.39, 0.29) is 5.91 Å². The summed E-state index contributed by atoms with van der Waals surface area (Å²) < 4.78 is 16.0. The van der Waals surface area contributed by atoms with Crippen LogP contribution in [0.5, 0.6) is 11.5 Å². The number of carbonyl (C=O) groups excluding carboxylic acids is 1. The van der Waals surface area contributed by atoms with Crippen LogP contribution in [0, 0.1) is 5.92 Å². The van der Waals surface area contributed by atoms with Gasteiger partial charge in [-0.15, -0.1) is 0 Å². The highest BCUT2D eigenvalue weighted by Crippen LogP contribution is 2.28. The van der Waals surface area contributed by atoms with E-state index in [0.29, 0.717) is 37.2 Å². The summed E-state index contributed by atoms with van der Waals surface area (Å²) >= 11 is 0. The lowest BCUT2D eigenvalue weighted by molar-refractivity contribution is -0.116. The standard InChI is InChI=1S/C18H27NO4/c1-14(2)13-23-16-8-6-15(12-17(16)22-4)7-9-18(20)19-10-5-11-21-3/h6-9,12,14H,5,10-11,13H2,1-4H3,(H,19,20)/b9-7+. The molecule has 0 aliphatic rings. The van der Waals surface area contributed by atoms with Gasteiger partial charge in [0.1, 0.15) is 0 Å². The molecule has 1 amide bonds. The maximum atomic E-state index is 11.7. The molecule has 5 nitrogen and oxygen atoms in total. The Morgan fingerprint density at radius 3 is 2.70 bits per heavy atom. The Kier molecular flexibility index (Phi) is 8.83. The zero-order valence-corrected chi connectivity index (χ0v) is 14.4. The molecule has 1 aromatic rings. The lowest BCUT2D eigenvalue weighted by atomic mass is 10.2. The van der Waals surface area contributed by atoms with E-state index in [1.165, 1.54) is 6.08 Å². The summed E-state index contributed by atoms with van der Waals surface area (Å²) in [7, 11) is 3.25. The highest BCUT2D eigenvalue weighted by Gasteiger charge is 2.06. The van der Waals surface area contributed by atoms with E-state index in [9.17, 15) is 4.79 Å². The van der Waals surface area contributed by atoms with Crippen LogP contribution in [0.4, 0.5) is 0 Å². The molecule has 0 unspecified atom stereocenters. The molecule has 23 heavy (non-hydrogen) atoms. The summed E-state index contributed by atoms with van der Waals surface area (Å²) in [6.45, 7) is 6.06. The SMILES string of the molecule is COCCCNC(=O)/C=C/c1ccc(OCC(C)C)c(OC)c1. The van der Waals surface area contributed by atoms with Crippen molar-refractivity contribution in [2.75, 3.05) is 34.0 Å². The molecule has 0 aliphatic heterocycles. The number of benzene rings is 1. The van der Waals surface area contributed by atoms with Crippen LogP contribution in [-0.4, -0.2) is 39.9 Å².